The van der Waals surface area contributed by atoms with Gasteiger partial charge in [0.2, 0.25) is 0 Å². The molecule has 0 saturated heterocycles. The highest BCUT2D eigenvalue weighted by Crippen LogP contribution is 2.10. The molecule has 10 heavy (non-hydrogen) atoms. The maximum absolute atomic E-state index is 8.12. The van der Waals surface area contributed by atoms with Crippen molar-refractivity contribution in [2.75, 3.05) is 0 Å². The van der Waals surface area contributed by atoms with Crippen LogP contribution in [0.1, 0.15) is 5.56 Å². The van der Waals surface area contributed by atoms with Crippen LogP contribution in [0.25, 0.3) is 0 Å². The first-order chi connectivity index (χ1) is 4.83. The van der Waals surface area contributed by atoms with Crippen LogP contribution in [-0.4, -0.2) is 0 Å². The van der Waals surface area contributed by atoms with Crippen molar-refractivity contribution in [1.82, 2.24) is 0 Å². The minimum Gasteiger partial charge on any atom is -0.388 e. The van der Waals surface area contributed by atoms with Gasteiger partial charge in [-0.1, -0.05) is 17.7 Å². The zero-order valence-electron chi connectivity index (χ0n) is 5.66. The van der Waals surface area contributed by atoms with Crippen molar-refractivity contribution in [2.45, 2.75) is 6.92 Å². The molecule has 0 atom stereocenters. The smallest absolute Gasteiger partial charge is 0.292 e. The van der Waals surface area contributed by atoms with Crippen molar-refractivity contribution >= 4 is 0 Å². The second-order valence-electron chi connectivity index (χ2n) is 2.01. The van der Waals surface area contributed by atoms with Crippen LogP contribution >= 0.6 is 0 Å². The normalized spacial score (nSPS) is 8.40. The lowest BCUT2D eigenvalue weighted by Gasteiger charge is -1.94. The summed E-state index contributed by atoms with van der Waals surface area (Å²) in [7, 11) is 0. The Morgan fingerprint density at radius 1 is 1.30 bits per heavy atom. The van der Waals surface area contributed by atoms with Gasteiger partial charge in [-0.2, -0.15) is 0 Å². The van der Waals surface area contributed by atoms with E-state index in [1.807, 2.05) is 19.1 Å². The van der Waals surface area contributed by atoms with Gasteiger partial charge in [0.1, 0.15) is 5.75 Å². The van der Waals surface area contributed by atoms with Gasteiger partial charge in [0.15, 0.2) is 0 Å². The minimum absolute atomic E-state index is 0.591. The van der Waals surface area contributed by atoms with Crippen LogP contribution in [0.3, 0.4) is 0 Å². The first-order valence-corrected chi connectivity index (χ1v) is 2.95. The Morgan fingerprint density at radius 2 is 1.90 bits per heavy atom. The summed E-state index contributed by atoms with van der Waals surface area (Å²) in [4.78, 5) is 0. The molecule has 1 aromatic rings. The van der Waals surface area contributed by atoms with Gasteiger partial charge in [-0.05, 0) is 19.1 Å². The van der Waals surface area contributed by atoms with Crippen LogP contribution < -0.4 is 4.74 Å². The SMILES string of the molecule is Cc1ccc(OC#N)cc1. The molecule has 0 bridgehead atoms. The second-order valence-corrected chi connectivity index (χ2v) is 2.01. The predicted octanol–water partition coefficient (Wildman–Crippen LogP) is 1.85. The van der Waals surface area contributed by atoms with Gasteiger partial charge >= 0.3 is 0 Å². The monoisotopic (exact) mass is 133 g/mol. The third-order valence-electron chi connectivity index (χ3n) is 1.18. The number of benzene rings is 1. The molecule has 0 aliphatic carbocycles. The highest BCUT2D eigenvalue weighted by Gasteiger charge is 1.88. The zero-order chi connectivity index (χ0) is 7.40. The van der Waals surface area contributed by atoms with Gasteiger partial charge in [-0.25, -0.2) is 0 Å². The summed E-state index contributed by atoms with van der Waals surface area (Å²) in [5.74, 6) is 0.591. The number of nitriles is 1. The number of rotatable bonds is 1. The van der Waals surface area contributed by atoms with Crippen molar-refractivity contribution < 1.29 is 4.74 Å². The Balaban J connectivity index is 2.81. The van der Waals surface area contributed by atoms with Crippen molar-refractivity contribution in [3.8, 4) is 12.0 Å². The Labute approximate surface area is 59.7 Å². The van der Waals surface area contributed by atoms with E-state index in [2.05, 4.69) is 4.74 Å². The molecule has 1 rings (SSSR count). The fourth-order valence-corrected chi connectivity index (χ4v) is 0.659. The molecular formula is C8H7NO. The van der Waals surface area contributed by atoms with Crippen LogP contribution in [0.5, 0.6) is 5.75 Å². The fourth-order valence-electron chi connectivity index (χ4n) is 0.659. The summed E-state index contributed by atoms with van der Waals surface area (Å²) >= 11 is 0. The Kier molecular flexibility index (Phi) is 1.91. The van der Waals surface area contributed by atoms with E-state index in [-0.39, 0.29) is 0 Å². The number of aryl methyl sites for hydroxylation is 1. The topological polar surface area (TPSA) is 33.0 Å². The first kappa shape index (κ1) is 6.63. The van der Waals surface area contributed by atoms with E-state index in [1.165, 1.54) is 0 Å². The van der Waals surface area contributed by atoms with Gasteiger partial charge in [0.05, 0.1) is 0 Å². The van der Waals surface area contributed by atoms with Crippen molar-refractivity contribution in [3.63, 3.8) is 0 Å². The van der Waals surface area contributed by atoms with Gasteiger partial charge in [0.25, 0.3) is 6.26 Å². The predicted molar refractivity (Wildman–Crippen MR) is 37.4 cm³/mol. The molecule has 50 valence electrons. The molecule has 0 aromatic heterocycles. The van der Waals surface area contributed by atoms with Gasteiger partial charge < -0.3 is 4.74 Å². The average Bonchev–Trinajstić information content (AvgIpc) is 1.95. The van der Waals surface area contributed by atoms with E-state index >= 15 is 0 Å². The molecule has 0 unspecified atom stereocenters. The van der Waals surface area contributed by atoms with Crippen molar-refractivity contribution in [3.05, 3.63) is 29.8 Å². The minimum atomic E-state index is 0.591. The zero-order valence-corrected chi connectivity index (χ0v) is 5.66. The standard InChI is InChI=1S/C8H7NO/c1-7-2-4-8(5-3-7)10-6-9/h2-5H,1H3. The molecule has 1 aromatic carbocycles. The summed E-state index contributed by atoms with van der Waals surface area (Å²) in [6.07, 6.45) is 1.60. The fraction of sp³-hybridized carbons (Fsp3) is 0.125. The molecule has 0 spiro atoms. The number of ether oxygens (including phenoxy) is 1. The molecular weight excluding hydrogens is 126 g/mol. The van der Waals surface area contributed by atoms with E-state index in [0.29, 0.717) is 5.75 Å². The average molecular weight is 133 g/mol. The number of hydrogen-bond acceptors (Lipinski definition) is 2. The molecule has 0 saturated carbocycles. The molecule has 0 N–H and O–H groups in total. The van der Waals surface area contributed by atoms with E-state index in [9.17, 15) is 0 Å². The number of nitrogens with zero attached hydrogens (tertiary/aromatic N) is 1. The molecule has 0 aliphatic rings. The highest BCUT2D eigenvalue weighted by molar-refractivity contribution is 5.26. The van der Waals surface area contributed by atoms with Gasteiger partial charge in [-0.15, -0.1) is 5.26 Å². The lowest BCUT2D eigenvalue weighted by molar-refractivity contribution is 0.507. The van der Waals surface area contributed by atoms with E-state index in [4.69, 9.17) is 5.26 Å². The Bertz CT molecular complexity index is 245. The summed E-state index contributed by atoms with van der Waals surface area (Å²) in [6, 6.07) is 7.32. The van der Waals surface area contributed by atoms with E-state index < -0.39 is 0 Å². The van der Waals surface area contributed by atoms with Crippen LogP contribution in [-0.2, 0) is 0 Å². The van der Waals surface area contributed by atoms with Gasteiger partial charge in [-0.3, -0.25) is 0 Å². The summed E-state index contributed by atoms with van der Waals surface area (Å²) in [5, 5.41) is 8.12. The quantitative estimate of drug-likeness (QED) is 0.548. The maximum atomic E-state index is 8.12. The third kappa shape index (κ3) is 1.49. The highest BCUT2D eigenvalue weighted by atomic mass is 16.5. The van der Waals surface area contributed by atoms with Crippen LogP contribution in [0.15, 0.2) is 24.3 Å². The van der Waals surface area contributed by atoms with Crippen molar-refractivity contribution in [1.29, 1.82) is 5.26 Å². The summed E-state index contributed by atoms with van der Waals surface area (Å²) in [5.41, 5.74) is 1.16. The number of hydrogen-bond donors (Lipinski definition) is 0. The summed E-state index contributed by atoms with van der Waals surface area (Å²) in [6.45, 7) is 1.98. The summed E-state index contributed by atoms with van der Waals surface area (Å²) < 4.78 is 4.57. The van der Waals surface area contributed by atoms with Crippen LogP contribution in [0.2, 0.25) is 0 Å². The largest absolute Gasteiger partial charge is 0.388 e. The second kappa shape index (κ2) is 2.88. The van der Waals surface area contributed by atoms with Crippen LogP contribution in [0, 0.1) is 18.4 Å². The molecule has 0 aliphatic heterocycles. The molecule has 0 amide bonds. The van der Waals surface area contributed by atoms with Gasteiger partial charge in [0, 0.05) is 0 Å². The Hall–Kier alpha value is -1.49. The molecule has 2 heteroatoms. The Morgan fingerprint density at radius 3 is 2.40 bits per heavy atom. The molecule has 0 fully saturated rings. The van der Waals surface area contributed by atoms with Crippen LogP contribution in [0.4, 0.5) is 0 Å². The molecule has 2 nitrogen and oxygen atoms in total. The van der Waals surface area contributed by atoms with E-state index in [1.54, 1.807) is 18.4 Å². The van der Waals surface area contributed by atoms with Crippen molar-refractivity contribution in [2.24, 2.45) is 0 Å². The molecule has 0 radical (unpaired) electrons. The molecule has 0 heterocycles. The third-order valence-corrected chi connectivity index (χ3v) is 1.18. The van der Waals surface area contributed by atoms with E-state index in [0.717, 1.165) is 5.56 Å². The first-order valence-electron chi connectivity index (χ1n) is 2.95. The lowest BCUT2D eigenvalue weighted by atomic mass is 10.2. The lowest BCUT2D eigenvalue weighted by Crippen LogP contribution is -1.80. The maximum Gasteiger partial charge on any atom is 0.292 e.